The van der Waals surface area contributed by atoms with Crippen molar-refractivity contribution in [3.05, 3.63) is 29.8 Å². The minimum atomic E-state index is -0.506. The molecule has 1 aromatic rings. The maximum absolute atomic E-state index is 12.6. The van der Waals surface area contributed by atoms with Crippen LogP contribution in [0.4, 0.5) is 0 Å². The molecule has 0 saturated carbocycles. The minimum absolute atomic E-state index is 0.00259. The third-order valence-electron chi connectivity index (χ3n) is 4.99. The maximum Gasteiger partial charge on any atom is 0.260 e. The van der Waals surface area contributed by atoms with Crippen LogP contribution >= 0.6 is 0 Å². The molecular weight excluding hydrogens is 306 g/mol. The van der Waals surface area contributed by atoms with Gasteiger partial charge in [-0.3, -0.25) is 14.5 Å². The number of rotatable bonds is 4. The van der Waals surface area contributed by atoms with Crippen molar-refractivity contribution in [1.29, 1.82) is 0 Å². The van der Waals surface area contributed by atoms with E-state index in [0.29, 0.717) is 17.4 Å². The lowest BCUT2D eigenvalue weighted by Crippen LogP contribution is -2.60. The Morgan fingerprint density at radius 1 is 1.29 bits per heavy atom. The third-order valence-corrected chi connectivity index (χ3v) is 4.99. The van der Waals surface area contributed by atoms with Crippen LogP contribution in [0.5, 0.6) is 5.75 Å². The summed E-state index contributed by atoms with van der Waals surface area (Å²) in [5.41, 5.74) is 5.64. The Morgan fingerprint density at radius 3 is 2.92 bits per heavy atom. The van der Waals surface area contributed by atoms with E-state index >= 15 is 0 Å². The Kier molecular flexibility index (Phi) is 5.04. The fourth-order valence-electron chi connectivity index (χ4n) is 3.67. The maximum atomic E-state index is 12.6. The topological polar surface area (TPSA) is 75.9 Å². The number of primary amides is 1. The second-order valence-electron chi connectivity index (χ2n) is 6.72. The smallest absolute Gasteiger partial charge is 0.260 e. The largest absolute Gasteiger partial charge is 0.484 e. The first-order valence-electron chi connectivity index (χ1n) is 8.61. The van der Waals surface area contributed by atoms with Gasteiger partial charge in [0, 0.05) is 30.7 Å². The van der Waals surface area contributed by atoms with Crippen LogP contribution < -0.4 is 10.5 Å². The number of piperazine rings is 1. The van der Waals surface area contributed by atoms with E-state index in [4.69, 9.17) is 10.5 Å². The van der Waals surface area contributed by atoms with Crippen molar-refractivity contribution >= 4 is 11.8 Å². The number of benzene rings is 1. The molecule has 2 atom stereocenters. The first-order chi connectivity index (χ1) is 11.5. The van der Waals surface area contributed by atoms with E-state index < -0.39 is 5.91 Å². The minimum Gasteiger partial charge on any atom is -0.484 e. The number of carbonyl (C=O) groups excluding carboxylic acids is 2. The third kappa shape index (κ3) is 3.70. The summed E-state index contributed by atoms with van der Waals surface area (Å²) in [4.78, 5) is 28.2. The summed E-state index contributed by atoms with van der Waals surface area (Å²) < 4.78 is 5.58. The van der Waals surface area contributed by atoms with Gasteiger partial charge in [-0.15, -0.1) is 0 Å². The Bertz CT molecular complexity index is 619. The standard InChI is InChI=1S/C18H25N3O3/c1-13-10-20-8-3-2-6-15(20)11-21(13)17(22)12-24-16-7-4-5-14(9-16)18(19)23/h4-5,7,9,13,15H,2-3,6,8,10-12H2,1H3,(H2,19,23)/t13-,15+/m0/s1. The molecule has 2 amide bonds. The van der Waals surface area contributed by atoms with E-state index in [1.807, 2.05) is 4.90 Å². The Morgan fingerprint density at radius 2 is 2.12 bits per heavy atom. The molecule has 0 radical (unpaired) electrons. The predicted octanol–water partition coefficient (Wildman–Crippen LogP) is 1.25. The number of amides is 2. The van der Waals surface area contributed by atoms with Gasteiger partial charge in [0.1, 0.15) is 5.75 Å². The average Bonchev–Trinajstić information content (AvgIpc) is 2.59. The highest BCUT2D eigenvalue weighted by Gasteiger charge is 2.35. The second kappa shape index (κ2) is 7.21. The lowest BCUT2D eigenvalue weighted by Gasteiger charge is -2.47. The summed E-state index contributed by atoms with van der Waals surface area (Å²) in [5, 5.41) is 0. The summed E-state index contributed by atoms with van der Waals surface area (Å²) in [7, 11) is 0. The molecule has 2 heterocycles. The van der Waals surface area contributed by atoms with E-state index in [-0.39, 0.29) is 18.6 Å². The highest BCUT2D eigenvalue weighted by Crippen LogP contribution is 2.24. The fraction of sp³-hybridized carbons (Fsp3) is 0.556. The zero-order chi connectivity index (χ0) is 17.1. The number of nitrogens with two attached hydrogens (primary N) is 1. The molecule has 2 saturated heterocycles. The van der Waals surface area contributed by atoms with Gasteiger partial charge >= 0.3 is 0 Å². The molecular formula is C18H25N3O3. The average molecular weight is 331 g/mol. The zero-order valence-electron chi connectivity index (χ0n) is 14.1. The monoisotopic (exact) mass is 331 g/mol. The highest BCUT2D eigenvalue weighted by atomic mass is 16.5. The van der Waals surface area contributed by atoms with E-state index in [1.165, 1.54) is 12.8 Å². The van der Waals surface area contributed by atoms with Gasteiger partial charge in [-0.1, -0.05) is 12.5 Å². The summed E-state index contributed by atoms with van der Waals surface area (Å²) in [6.07, 6.45) is 3.67. The summed E-state index contributed by atoms with van der Waals surface area (Å²) in [5.74, 6) is -0.0189. The van der Waals surface area contributed by atoms with E-state index in [9.17, 15) is 9.59 Å². The van der Waals surface area contributed by atoms with E-state index in [2.05, 4.69) is 11.8 Å². The van der Waals surface area contributed by atoms with Crippen LogP contribution in [0.15, 0.2) is 24.3 Å². The molecule has 2 N–H and O–H groups in total. The molecule has 0 aliphatic carbocycles. The van der Waals surface area contributed by atoms with Crippen molar-refractivity contribution in [2.24, 2.45) is 5.73 Å². The first kappa shape index (κ1) is 16.8. The lowest BCUT2D eigenvalue weighted by molar-refractivity contribution is -0.140. The molecule has 3 rings (SSSR count). The van der Waals surface area contributed by atoms with Crippen molar-refractivity contribution in [1.82, 2.24) is 9.80 Å². The van der Waals surface area contributed by atoms with Crippen LogP contribution in [0.1, 0.15) is 36.5 Å². The Balaban J connectivity index is 1.58. The highest BCUT2D eigenvalue weighted by molar-refractivity contribution is 5.93. The molecule has 0 aromatic heterocycles. The van der Waals surface area contributed by atoms with Gasteiger partial charge in [0.25, 0.3) is 5.91 Å². The summed E-state index contributed by atoms with van der Waals surface area (Å²) in [6, 6.07) is 7.30. The molecule has 2 aliphatic heterocycles. The zero-order valence-corrected chi connectivity index (χ0v) is 14.1. The quantitative estimate of drug-likeness (QED) is 0.901. The van der Waals surface area contributed by atoms with Gasteiger partial charge in [-0.25, -0.2) is 0 Å². The first-order valence-corrected chi connectivity index (χ1v) is 8.61. The van der Waals surface area contributed by atoms with Crippen LogP contribution in [0.3, 0.4) is 0 Å². The molecule has 0 unspecified atom stereocenters. The van der Waals surface area contributed by atoms with E-state index in [1.54, 1.807) is 24.3 Å². The second-order valence-corrected chi connectivity index (χ2v) is 6.72. The van der Waals surface area contributed by atoms with Crippen molar-refractivity contribution < 1.29 is 14.3 Å². The number of piperidine rings is 1. The molecule has 130 valence electrons. The molecule has 24 heavy (non-hydrogen) atoms. The number of hydrogen-bond acceptors (Lipinski definition) is 4. The normalized spacial score (nSPS) is 24.3. The van der Waals surface area contributed by atoms with Gasteiger partial charge in [0.2, 0.25) is 5.91 Å². The summed E-state index contributed by atoms with van der Waals surface area (Å²) >= 11 is 0. The molecule has 2 fully saturated rings. The van der Waals surface area contributed by atoms with Gasteiger partial charge in [0.05, 0.1) is 0 Å². The lowest BCUT2D eigenvalue weighted by atomic mass is 9.97. The molecule has 0 bridgehead atoms. The van der Waals surface area contributed by atoms with Crippen molar-refractivity contribution in [3.63, 3.8) is 0 Å². The van der Waals surface area contributed by atoms with Crippen LogP contribution in [0.25, 0.3) is 0 Å². The Hall–Kier alpha value is -2.08. The number of nitrogens with zero attached hydrogens (tertiary/aromatic N) is 2. The molecule has 0 spiro atoms. The van der Waals surface area contributed by atoms with Crippen LogP contribution in [-0.4, -0.2) is 59.9 Å². The summed E-state index contributed by atoms with van der Waals surface area (Å²) in [6.45, 7) is 4.95. The van der Waals surface area contributed by atoms with Crippen LogP contribution in [0.2, 0.25) is 0 Å². The van der Waals surface area contributed by atoms with Crippen molar-refractivity contribution in [2.75, 3.05) is 26.2 Å². The molecule has 6 heteroatoms. The van der Waals surface area contributed by atoms with Gasteiger partial charge in [-0.05, 0) is 44.5 Å². The molecule has 6 nitrogen and oxygen atoms in total. The van der Waals surface area contributed by atoms with Crippen molar-refractivity contribution in [3.8, 4) is 5.75 Å². The Labute approximate surface area is 142 Å². The molecule has 2 aliphatic rings. The fourth-order valence-corrected chi connectivity index (χ4v) is 3.67. The van der Waals surface area contributed by atoms with Gasteiger partial charge in [0.15, 0.2) is 6.61 Å². The van der Waals surface area contributed by atoms with E-state index in [0.717, 1.165) is 26.1 Å². The van der Waals surface area contributed by atoms with Gasteiger partial charge < -0.3 is 15.4 Å². The van der Waals surface area contributed by atoms with Gasteiger partial charge in [-0.2, -0.15) is 0 Å². The predicted molar refractivity (Wildman–Crippen MR) is 90.8 cm³/mol. The number of carbonyl (C=O) groups is 2. The molecule has 1 aromatic carbocycles. The number of fused-ring (bicyclic) bond motifs is 1. The van der Waals surface area contributed by atoms with Crippen LogP contribution in [0, 0.1) is 0 Å². The SMILES string of the molecule is C[C@H]1CN2CCCC[C@@H]2CN1C(=O)COc1cccc(C(N)=O)c1. The van der Waals surface area contributed by atoms with Crippen molar-refractivity contribution in [2.45, 2.75) is 38.3 Å². The number of hydrogen-bond donors (Lipinski definition) is 1. The number of ether oxygens (including phenoxy) is 1. The van der Waals surface area contributed by atoms with Crippen LogP contribution in [-0.2, 0) is 4.79 Å².